The first-order valence-corrected chi connectivity index (χ1v) is 7.70. The Labute approximate surface area is 133 Å². The first kappa shape index (κ1) is 20.5. The van der Waals surface area contributed by atoms with Gasteiger partial charge >= 0.3 is 12.2 Å². The van der Waals surface area contributed by atoms with E-state index in [-0.39, 0.29) is 0 Å². The molecule has 2 amide bonds. The molecule has 0 fully saturated rings. The van der Waals surface area contributed by atoms with Crippen molar-refractivity contribution in [3.63, 3.8) is 0 Å². The summed E-state index contributed by atoms with van der Waals surface area (Å²) in [6, 6.07) is 0. The van der Waals surface area contributed by atoms with Gasteiger partial charge < -0.3 is 25.4 Å². The quantitative estimate of drug-likeness (QED) is 0.596. The molecule has 7 heteroatoms. The Morgan fingerprint density at radius 3 is 1.68 bits per heavy atom. The molecular weight excluding hydrogens is 286 g/mol. The number of rotatable bonds is 8. The van der Waals surface area contributed by atoms with Gasteiger partial charge in [-0.15, -0.1) is 0 Å². The van der Waals surface area contributed by atoms with Crippen LogP contribution in [0.3, 0.4) is 0 Å². The number of carbonyl (C=O) groups excluding carboxylic acids is 2. The van der Waals surface area contributed by atoms with E-state index in [1.807, 2.05) is 41.5 Å². The summed E-state index contributed by atoms with van der Waals surface area (Å²) in [5.74, 6) is 0. The van der Waals surface area contributed by atoms with Crippen LogP contribution in [0.5, 0.6) is 0 Å². The van der Waals surface area contributed by atoms with Crippen molar-refractivity contribution in [1.82, 2.24) is 16.0 Å². The summed E-state index contributed by atoms with van der Waals surface area (Å²) < 4.78 is 10.3. The maximum atomic E-state index is 11.5. The molecule has 7 nitrogen and oxygen atoms in total. The van der Waals surface area contributed by atoms with Gasteiger partial charge in [-0.1, -0.05) is 6.92 Å². The molecule has 0 aromatic heterocycles. The van der Waals surface area contributed by atoms with Crippen LogP contribution in [0.2, 0.25) is 0 Å². The molecule has 0 aromatic carbocycles. The van der Waals surface area contributed by atoms with Gasteiger partial charge in [0.2, 0.25) is 0 Å². The van der Waals surface area contributed by atoms with Crippen molar-refractivity contribution in [2.24, 2.45) is 0 Å². The Kier molecular flexibility index (Phi) is 8.86. The monoisotopic (exact) mass is 317 g/mol. The SMILES string of the molecule is CCC(C)(C)OC(=O)NCCNCCNC(=O)OC(C)(C)C. The lowest BCUT2D eigenvalue weighted by Crippen LogP contribution is -2.39. The summed E-state index contributed by atoms with van der Waals surface area (Å²) in [5, 5.41) is 8.41. The van der Waals surface area contributed by atoms with Crippen molar-refractivity contribution in [3.05, 3.63) is 0 Å². The lowest BCUT2D eigenvalue weighted by atomic mass is 10.1. The highest BCUT2D eigenvalue weighted by Crippen LogP contribution is 2.13. The van der Waals surface area contributed by atoms with Crippen LogP contribution in [0.15, 0.2) is 0 Å². The molecule has 0 unspecified atom stereocenters. The third-order valence-electron chi connectivity index (χ3n) is 2.76. The van der Waals surface area contributed by atoms with Crippen molar-refractivity contribution in [2.45, 2.75) is 59.2 Å². The molecule has 0 heterocycles. The Morgan fingerprint density at radius 2 is 1.27 bits per heavy atom. The summed E-state index contributed by atoms with van der Waals surface area (Å²) in [6.45, 7) is 13.3. The van der Waals surface area contributed by atoms with Crippen molar-refractivity contribution >= 4 is 12.2 Å². The standard InChI is InChI=1S/C15H31N3O4/c1-7-15(5,6)22-13(20)18-11-9-16-8-10-17-12(19)21-14(2,3)4/h16H,7-11H2,1-6H3,(H,17,19)(H,18,20). The van der Waals surface area contributed by atoms with Crippen LogP contribution in [-0.4, -0.2) is 49.6 Å². The van der Waals surface area contributed by atoms with E-state index in [0.29, 0.717) is 26.2 Å². The van der Waals surface area contributed by atoms with Gasteiger partial charge in [0.1, 0.15) is 11.2 Å². The first-order valence-electron chi connectivity index (χ1n) is 7.70. The average Bonchev–Trinajstić information content (AvgIpc) is 2.35. The number of carbonyl (C=O) groups is 2. The summed E-state index contributed by atoms with van der Waals surface area (Å²) >= 11 is 0. The fourth-order valence-electron chi connectivity index (χ4n) is 1.30. The van der Waals surface area contributed by atoms with Crippen LogP contribution in [0.25, 0.3) is 0 Å². The fourth-order valence-corrected chi connectivity index (χ4v) is 1.30. The Hall–Kier alpha value is -1.50. The van der Waals surface area contributed by atoms with Gasteiger partial charge in [0.25, 0.3) is 0 Å². The molecule has 0 spiro atoms. The van der Waals surface area contributed by atoms with Gasteiger partial charge in [0.15, 0.2) is 0 Å². The molecule has 0 aliphatic carbocycles. The molecule has 0 saturated heterocycles. The average molecular weight is 317 g/mol. The van der Waals surface area contributed by atoms with Gasteiger partial charge in [0.05, 0.1) is 0 Å². The van der Waals surface area contributed by atoms with Crippen LogP contribution in [-0.2, 0) is 9.47 Å². The zero-order valence-electron chi connectivity index (χ0n) is 14.7. The minimum absolute atomic E-state index is 0.416. The molecule has 0 saturated carbocycles. The number of hydrogen-bond acceptors (Lipinski definition) is 5. The van der Waals surface area contributed by atoms with Crippen molar-refractivity contribution < 1.29 is 19.1 Å². The molecule has 0 aliphatic heterocycles. The van der Waals surface area contributed by atoms with Gasteiger partial charge in [-0.05, 0) is 41.0 Å². The highest BCUT2D eigenvalue weighted by Gasteiger charge is 2.19. The van der Waals surface area contributed by atoms with E-state index in [4.69, 9.17) is 9.47 Å². The van der Waals surface area contributed by atoms with Crippen LogP contribution in [0.4, 0.5) is 9.59 Å². The molecule has 3 N–H and O–H groups in total. The Morgan fingerprint density at radius 1 is 0.818 bits per heavy atom. The topological polar surface area (TPSA) is 88.7 Å². The van der Waals surface area contributed by atoms with Gasteiger partial charge in [0, 0.05) is 26.2 Å². The van der Waals surface area contributed by atoms with Crippen molar-refractivity contribution in [1.29, 1.82) is 0 Å². The maximum Gasteiger partial charge on any atom is 0.407 e. The predicted molar refractivity (Wildman–Crippen MR) is 86.0 cm³/mol. The maximum absolute atomic E-state index is 11.5. The van der Waals surface area contributed by atoms with Crippen molar-refractivity contribution in [2.75, 3.05) is 26.2 Å². The zero-order valence-corrected chi connectivity index (χ0v) is 14.7. The Balaban J connectivity index is 3.55. The molecule has 0 aliphatic rings. The minimum atomic E-state index is -0.492. The summed E-state index contributed by atoms with van der Waals surface area (Å²) in [7, 11) is 0. The van der Waals surface area contributed by atoms with Crippen LogP contribution in [0.1, 0.15) is 48.0 Å². The van der Waals surface area contributed by atoms with E-state index in [0.717, 1.165) is 6.42 Å². The largest absolute Gasteiger partial charge is 0.444 e. The predicted octanol–water partition coefficient (Wildman–Crippen LogP) is 2.02. The van der Waals surface area contributed by atoms with Crippen molar-refractivity contribution in [3.8, 4) is 0 Å². The Bertz CT molecular complexity index is 351. The molecule has 0 bridgehead atoms. The smallest absolute Gasteiger partial charge is 0.407 e. The number of ether oxygens (including phenoxy) is 2. The molecule has 0 radical (unpaired) electrons. The minimum Gasteiger partial charge on any atom is -0.444 e. The van der Waals surface area contributed by atoms with E-state index in [2.05, 4.69) is 16.0 Å². The zero-order chi connectivity index (χ0) is 17.2. The number of nitrogens with one attached hydrogen (secondary N) is 3. The highest BCUT2D eigenvalue weighted by molar-refractivity contribution is 5.68. The normalized spacial score (nSPS) is 11.7. The fraction of sp³-hybridized carbons (Fsp3) is 0.867. The van der Waals surface area contributed by atoms with E-state index in [1.165, 1.54) is 0 Å². The first-order chi connectivity index (χ1) is 10.1. The van der Waals surface area contributed by atoms with Gasteiger partial charge in [-0.25, -0.2) is 9.59 Å². The second kappa shape index (κ2) is 9.50. The van der Waals surface area contributed by atoms with E-state index < -0.39 is 23.4 Å². The summed E-state index contributed by atoms with van der Waals surface area (Å²) in [4.78, 5) is 22.9. The summed E-state index contributed by atoms with van der Waals surface area (Å²) in [5.41, 5.74) is -0.942. The summed E-state index contributed by atoms with van der Waals surface area (Å²) in [6.07, 6.45) is -0.0898. The van der Waals surface area contributed by atoms with Gasteiger partial charge in [-0.2, -0.15) is 0 Å². The van der Waals surface area contributed by atoms with E-state index in [1.54, 1.807) is 0 Å². The number of amides is 2. The van der Waals surface area contributed by atoms with Crippen LogP contribution >= 0.6 is 0 Å². The number of hydrogen-bond donors (Lipinski definition) is 3. The highest BCUT2D eigenvalue weighted by atomic mass is 16.6. The molecule has 22 heavy (non-hydrogen) atoms. The molecule has 130 valence electrons. The van der Waals surface area contributed by atoms with E-state index in [9.17, 15) is 9.59 Å². The second-order valence-corrected chi connectivity index (χ2v) is 6.61. The van der Waals surface area contributed by atoms with Crippen LogP contribution in [0, 0.1) is 0 Å². The lowest BCUT2D eigenvalue weighted by Gasteiger charge is -2.23. The van der Waals surface area contributed by atoms with Gasteiger partial charge in [-0.3, -0.25) is 0 Å². The molecule has 0 atom stereocenters. The number of alkyl carbamates (subject to hydrolysis) is 2. The molecule has 0 aromatic rings. The third-order valence-corrected chi connectivity index (χ3v) is 2.76. The lowest BCUT2D eigenvalue weighted by molar-refractivity contribution is 0.0364. The third kappa shape index (κ3) is 12.3. The van der Waals surface area contributed by atoms with Crippen LogP contribution < -0.4 is 16.0 Å². The second-order valence-electron chi connectivity index (χ2n) is 6.61. The molecular formula is C15H31N3O4. The molecule has 0 rings (SSSR count). The van der Waals surface area contributed by atoms with E-state index >= 15 is 0 Å².